The van der Waals surface area contributed by atoms with E-state index < -0.39 is 28.1 Å². The maximum absolute atomic E-state index is 11.2. The third-order valence-corrected chi connectivity index (χ3v) is 3.85. The summed E-state index contributed by atoms with van der Waals surface area (Å²) in [6.45, 7) is 0. The van der Waals surface area contributed by atoms with E-state index in [-0.39, 0.29) is 22.4 Å². The predicted molar refractivity (Wildman–Crippen MR) is 101 cm³/mol. The van der Waals surface area contributed by atoms with Crippen LogP contribution in [0.1, 0.15) is 0 Å². The number of benzene rings is 3. The van der Waals surface area contributed by atoms with Crippen LogP contribution in [0.25, 0.3) is 0 Å². The molecule has 0 aliphatic rings. The van der Waals surface area contributed by atoms with Crippen LogP contribution in [0, 0.1) is 0 Å². The summed E-state index contributed by atoms with van der Waals surface area (Å²) in [6.07, 6.45) is 0. The first-order valence-electron chi connectivity index (χ1n) is 7.91. The first-order chi connectivity index (χ1) is 13.3. The molecule has 3 aromatic rings. The molecule has 0 unspecified atom stereocenters. The first kappa shape index (κ1) is 26.7. The van der Waals surface area contributed by atoms with Crippen LogP contribution in [0.4, 0.5) is 16.9 Å². The first-order valence-corrected chi connectivity index (χ1v) is 14.8. The molecule has 0 fully saturated rings. The number of para-hydroxylation sites is 3. The molecule has 30 heavy (non-hydrogen) atoms. The standard InChI is InChI=1S/C18H15O3P.Au.6FH.Sb/c1-4-10-16(11-5-1)19-22(20-17-12-6-2-7-13-17)21-18-14-8-3-9-15-18;;;;;;;;/h1-15H;;6*1H;/q;+1;;;;;;;+5/p-6. The van der Waals surface area contributed by atoms with Crippen molar-refractivity contribution >= 4 is 28.1 Å². The quantitative estimate of drug-likeness (QED) is 0.148. The Hall–Kier alpha value is -1.37. The van der Waals surface area contributed by atoms with Crippen LogP contribution >= 0.6 is 8.60 Å². The summed E-state index contributed by atoms with van der Waals surface area (Å²) in [5.41, 5.74) is 0. The summed E-state index contributed by atoms with van der Waals surface area (Å²) < 4.78 is 77.1. The van der Waals surface area contributed by atoms with Crippen molar-refractivity contribution in [3.05, 3.63) is 91.0 Å². The fourth-order valence-electron chi connectivity index (χ4n) is 1.76. The molecule has 0 saturated carbocycles. The van der Waals surface area contributed by atoms with Gasteiger partial charge in [-0.15, -0.1) is 0 Å². The Morgan fingerprint density at radius 2 is 0.667 bits per heavy atom. The second-order valence-corrected chi connectivity index (χ2v) is 11.9. The van der Waals surface area contributed by atoms with Gasteiger partial charge < -0.3 is 13.6 Å². The average molecular weight is 743 g/mol. The third kappa shape index (κ3) is 14.6. The van der Waals surface area contributed by atoms with Crippen molar-refractivity contribution in [3.8, 4) is 17.2 Å². The Balaban J connectivity index is 0.000000489. The van der Waals surface area contributed by atoms with E-state index in [1.54, 1.807) is 0 Å². The maximum Gasteiger partial charge on any atom is 0.530 e. The molecule has 0 bridgehead atoms. The van der Waals surface area contributed by atoms with E-state index in [1.165, 1.54) is 0 Å². The molecular formula is C18H15AuF6O3PSb. The zero-order valence-corrected chi connectivity index (χ0v) is 20.5. The van der Waals surface area contributed by atoms with Gasteiger partial charge in [0.1, 0.15) is 17.2 Å². The van der Waals surface area contributed by atoms with Gasteiger partial charge in [-0.3, -0.25) is 0 Å². The van der Waals surface area contributed by atoms with Crippen molar-refractivity contribution in [1.29, 1.82) is 0 Å². The van der Waals surface area contributed by atoms with Crippen molar-refractivity contribution in [2.24, 2.45) is 0 Å². The third-order valence-electron chi connectivity index (χ3n) is 2.77. The monoisotopic (exact) mass is 742 g/mol. The van der Waals surface area contributed by atoms with E-state index in [2.05, 4.69) is 0 Å². The van der Waals surface area contributed by atoms with Gasteiger partial charge in [0.25, 0.3) is 0 Å². The van der Waals surface area contributed by atoms with Crippen LogP contribution < -0.4 is 13.6 Å². The van der Waals surface area contributed by atoms with Gasteiger partial charge in [-0.1, -0.05) is 54.6 Å². The van der Waals surface area contributed by atoms with Gasteiger partial charge in [0.2, 0.25) is 0 Å². The Morgan fingerprint density at radius 1 is 0.467 bits per heavy atom. The van der Waals surface area contributed by atoms with E-state index in [1.807, 2.05) is 91.0 Å². The average Bonchev–Trinajstić information content (AvgIpc) is 2.62. The maximum atomic E-state index is 9.93. The summed E-state index contributed by atoms with van der Waals surface area (Å²) in [5.74, 6) is 2.13. The number of rotatable bonds is 6. The zero-order chi connectivity index (χ0) is 21.4. The molecule has 0 aliphatic carbocycles. The van der Waals surface area contributed by atoms with Gasteiger partial charge in [-0.05, 0) is 36.4 Å². The molecule has 0 aromatic heterocycles. The molecule has 168 valence electrons. The predicted octanol–water partition coefficient (Wildman–Crippen LogP) is 7.59. The van der Waals surface area contributed by atoms with E-state index >= 15 is 0 Å². The Morgan fingerprint density at radius 3 is 0.867 bits per heavy atom. The van der Waals surface area contributed by atoms with Crippen molar-refractivity contribution in [3.63, 3.8) is 0 Å². The van der Waals surface area contributed by atoms with Gasteiger partial charge in [0.15, 0.2) is 0 Å². The number of hydrogen-bond donors (Lipinski definition) is 0. The Bertz CT molecular complexity index is 778. The second-order valence-electron chi connectivity index (χ2n) is 5.39. The summed E-state index contributed by atoms with van der Waals surface area (Å²) in [7, 11) is -1.59. The fourth-order valence-corrected chi connectivity index (χ4v) is 2.75. The van der Waals surface area contributed by atoms with Crippen LogP contribution in [-0.4, -0.2) is 19.5 Å². The van der Waals surface area contributed by atoms with Crippen molar-refractivity contribution in [2.45, 2.75) is 0 Å². The van der Waals surface area contributed by atoms with Gasteiger partial charge in [-0.2, -0.15) is 0 Å². The molecule has 0 N–H and O–H groups in total. The minimum absolute atomic E-state index is 0. The van der Waals surface area contributed by atoms with Gasteiger partial charge >= 0.3 is 67.3 Å². The molecule has 0 saturated heterocycles. The molecule has 0 spiro atoms. The second kappa shape index (κ2) is 10.3. The minimum Gasteiger partial charge on any atom is -0.409 e. The van der Waals surface area contributed by atoms with Gasteiger partial charge in [0, 0.05) is 0 Å². The van der Waals surface area contributed by atoms with Gasteiger partial charge in [-0.25, -0.2) is 0 Å². The Kier molecular flexibility index (Phi) is 9.15. The van der Waals surface area contributed by atoms with Crippen molar-refractivity contribution in [1.82, 2.24) is 0 Å². The largest absolute Gasteiger partial charge is 0.530 e. The summed E-state index contributed by atoms with van der Waals surface area (Å²) in [4.78, 5) is 0. The molecule has 3 nitrogen and oxygen atoms in total. The number of halogens is 6. The van der Waals surface area contributed by atoms with Crippen LogP contribution in [0.2, 0.25) is 0 Å². The summed E-state index contributed by atoms with van der Waals surface area (Å²) in [5, 5.41) is 0. The topological polar surface area (TPSA) is 27.7 Å². The van der Waals surface area contributed by atoms with E-state index in [9.17, 15) is 16.9 Å². The minimum atomic E-state index is -11.2. The molecule has 0 atom stereocenters. The molecule has 0 aliphatic heterocycles. The summed E-state index contributed by atoms with van der Waals surface area (Å²) >= 11 is -11.2. The van der Waals surface area contributed by atoms with E-state index in [4.69, 9.17) is 13.6 Å². The van der Waals surface area contributed by atoms with Crippen LogP contribution in [-0.2, 0) is 22.4 Å². The molecule has 12 heteroatoms. The molecular weight excluding hydrogens is 728 g/mol. The number of hydrogen-bond acceptors (Lipinski definition) is 3. The van der Waals surface area contributed by atoms with E-state index in [0.29, 0.717) is 17.2 Å². The smallest absolute Gasteiger partial charge is 0.409 e. The van der Waals surface area contributed by atoms with Gasteiger partial charge in [0.05, 0.1) is 0 Å². The molecule has 0 radical (unpaired) electrons. The van der Waals surface area contributed by atoms with Crippen molar-refractivity contribution in [2.75, 3.05) is 0 Å². The normalized spacial score (nSPS) is 12.9. The molecule has 3 rings (SSSR count). The zero-order valence-electron chi connectivity index (χ0n) is 14.8. The summed E-state index contributed by atoms with van der Waals surface area (Å²) in [6, 6.07) is 28.5. The van der Waals surface area contributed by atoms with Crippen LogP contribution in [0.15, 0.2) is 91.0 Å². The molecule has 3 aromatic carbocycles. The SMILES string of the molecule is [Au+].[F][Sb-]([F])([F])([F])([F])[F].c1ccc(OP(Oc2ccccc2)Oc2ccccc2)cc1. The van der Waals surface area contributed by atoms with Crippen LogP contribution in [0.3, 0.4) is 0 Å². The van der Waals surface area contributed by atoms with Crippen LogP contribution in [0.5, 0.6) is 17.2 Å². The fraction of sp³-hybridized carbons (Fsp3) is 0. The van der Waals surface area contributed by atoms with E-state index in [0.717, 1.165) is 0 Å². The Labute approximate surface area is 188 Å². The van der Waals surface area contributed by atoms with Crippen molar-refractivity contribution < 1.29 is 52.8 Å². The molecule has 0 amide bonds. The molecule has 0 heterocycles.